The van der Waals surface area contributed by atoms with Crippen LogP contribution in [0, 0.1) is 0 Å². The summed E-state index contributed by atoms with van der Waals surface area (Å²) in [7, 11) is 0. The summed E-state index contributed by atoms with van der Waals surface area (Å²) in [6.07, 6.45) is 42.8. The Balaban J connectivity index is 4.87. The highest BCUT2D eigenvalue weighted by atomic mass is 16.6. The molecule has 6 nitrogen and oxygen atoms in total. The lowest BCUT2D eigenvalue weighted by atomic mass is 10.0. The number of carbonyl (C=O) groups excluding carboxylic acids is 3. The quantitative estimate of drug-likeness (QED) is 0.0345. The predicted molar refractivity (Wildman–Crippen MR) is 252 cm³/mol. The molecule has 0 aliphatic heterocycles. The lowest BCUT2D eigenvalue weighted by Gasteiger charge is -2.18. The highest BCUT2D eigenvalue weighted by molar-refractivity contribution is 5.71. The molecule has 0 fully saturated rings. The fraction of sp³-hybridized carbons (Fsp3) is 0.943. The highest BCUT2D eigenvalue weighted by Gasteiger charge is 2.19. The molecule has 0 aliphatic carbocycles. The van der Waals surface area contributed by atoms with Crippen molar-refractivity contribution in [2.75, 3.05) is 13.1 Å². The van der Waals surface area contributed by atoms with E-state index in [2.05, 4.69) is 20.8 Å². The number of rotatable bonds is 49. The fourth-order valence-corrected chi connectivity index (χ4v) is 7.75. The second-order valence-corrected chi connectivity index (χ2v) is 17.6. The summed E-state index contributed by atoms with van der Waals surface area (Å²) in [5.41, 5.74) is 0. The highest BCUT2D eigenvalue weighted by Crippen LogP contribution is 2.17. The number of unbranched alkanes of at least 4 members (excludes halogenated alkanes) is 38. The molecule has 0 N–H and O–H groups in total. The van der Waals surface area contributed by atoms with Gasteiger partial charge in [0, 0.05) is 19.3 Å². The number of hydrogen-bond acceptors (Lipinski definition) is 6. The third-order valence-electron chi connectivity index (χ3n) is 11.7. The number of hydrogen-bond donors (Lipinski definition) is 0. The normalized spacial score (nSPS) is 13.3. The van der Waals surface area contributed by atoms with Crippen molar-refractivity contribution in [3.8, 4) is 0 Å². The van der Waals surface area contributed by atoms with Crippen molar-refractivity contribution < 1.29 is 35.4 Å². The predicted octanol–water partition coefficient (Wildman–Crippen LogP) is 17.2. The van der Waals surface area contributed by atoms with Gasteiger partial charge in [-0.25, -0.2) is 0 Å². The zero-order valence-corrected chi connectivity index (χ0v) is 39.6. The van der Waals surface area contributed by atoms with Crippen molar-refractivity contribution in [3.05, 3.63) is 0 Å². The van der Waals surface area contributed by atoms with Crippen LogP contribution in [0.15, 0.2) is 0 Å². The van der Waals surface area contributed by atoms with Gasteiger partial charge in [-0.05, 0) is 19.3 Å². The van der Waals surface area contributed by atoms with E-state index in [0.29, 0.717) is 19.3 Å². The second-order valence-electron chi connectivity index (χ2n) is 17.6. The Hall–Kier alpha value is -1.59. The summed E-state index contributed by atoms with van der Waals surface area (Å²) in [6, 6.07) is 0. The van der Waals surface area contributed by atoms with Crippen molar-refractivity contribution in [3.63, 3.8) is 0 Å². The average Bonchev–Trinajstić information content (AvgIpc) is 3.25. The molecule has 6 heteroatoms. The van der Waals surface area contributed by atoms with Crippen LogP contribution in [0.2, 0.25) is 0 Å². The smallest absolute Gasteiger partial charge is 0.306 e. The molecule has 0 radical (unpaired) electrons. The molecule has 59 heavy (non-hydrogen) atoms. The lowest BCUT2D eigenvalue weighted by Crippen LogP contribution is -2.30. The van der Waals surface area contributed by atoms with E-state index < -0.39 is 37.1 Å². The zero-order chi connectivity index (χ0) is 47.5. The first kappa shape index (κ1) is 48.4. The van der Waals surface area contributed by atoms with Crippen LogP contribution < -0.4 is 0 Å². The van der Waals surface area contributed by atoms with Crippen LogP contribution in [0.25, 0.3) is 0 Å². The number of ether oxygens (including phenoxy) is 3. The van der Waals surface area contributed by atoms with E-state index in [0.717, 1.165) is 77.0 Å². The maximum Gasteiger partial charge on any atom is 0.306 e. The van der Waals surface area contributed by atoms with Crippen molar-refractivity contribution in [2.45, 2.75) is 309 Å². The summed E-state index contributed by atoms with van der Waals surface area (Å²) in [5, 5.41) is 0. The van der Waals surface area contributed by atoms with Gasteiger partial charge >= 0.3 is 17.9 Å². The number of esters is 3. The van der Waals surface area contributed by atoms with Crippen molar-refractivity contribution in [2.24, 2.45) is 0 Å². The lowest BCUT2D eigenvalue weighted by molar-refractivity contribution is -0.167. The molecule has 0 aromatic carbocycles. The Kier molecular flexibility index (Phi) is 40.3. The molecule has 0 saturated heterocycles. The molecule has 0 spiro atoms. The maximum atomic E-state index is 13.0. The summed E-state index contributed by atoms with van der Waals surface area (Å²) in [4.78, 5) is 38.9. The zero-order valence-electron chi connectivity index (χ0n) is 44.6. The van der Waals surface area contributed by atoms with Crippen LogP contribution >= 0.6 is 0 Å². The van der Waals surface area contributed by atoms with Gasteiger partial charge in [-0.2, -0.15) is 0 Å². The third kappa shape index (κ3) is 47.3. The van der Waals surface area contributed by atoms with Crippen LogP contribution in [0.3, 0.4) is 0 Å². The molecule has 0 aromatic rings. The molecule has 0 saturated carbocycles. The topological polar surface area (TPSA) is 78.9 Å². The summed E-state index contributed by atoms with van der Waals surface area (Å²) in [5.74, 6) is -2.93. The first-order valence-corrected chi connectivity index (χ1v) is 26.0. The summed E-state index contributed by atoms with van der Waals surface area (Å²) >= 11 is 0. The van der Waals surface area contributed by atoms with Crippen LogP contribution in [0.4, 0.5) is 0 Å². The Bertz CT molecular complexity index is 1030. The molecule has 0 rings (SSSR count). The van der Waals surface area contributed by atoms with Gasteiger partial charge in [-0.3, -0.25) is 14.4 Å². The third-order valence-corrected chi connectivity index (χ3v) is 11.7. The minimum atomic E-state index is -3.48. The first-order chi connectivity index (χ1) is 30.9. The molecule has 0 unspecified atom stereocenters. The largest absolute Gasteiger partial charge is 0.462 e. The van der Waals surface area contributed by atoms with E-state index in [1.807, 2.05) is 0 Å². The Morgan fingerprint density at radius 1 is 0.322 bits per heavy atom. The van der Waals surface area contributed by atoms with E-state index in [-0.39, 0.29) is 19.3 Å². The van der Waals surface area contributed by atoms with Crippen molar-refractivity contribution >= 4 is 17.9 Å². The van der Waals surface area contributed by atoms with Crippen LogP contribution in [0.5, 0.6) is 0 Å². The van der Waals surface area contributed by atoms with Crippen molar-refractivity contribution in [1.82, 2.24) is 0 Å². The Morgan fingerprint density at radius 3 is 0.729 bits per heavy atom. The fourth-order valence-electron chi connectivity index (χ4n) is 7.75. The number of carbonyl (C=O) groups is 3. The molecule has 350 valence electrons. The average molecular weight is 840 g/mol. The van der Waals surface area contributed by atoms with Gasteiger partial charge in [0.05, 0.1) is 6.85 Å². The van der Waals surface area contributed by atoms with Crippen LogP contribution in [0.1, 0.15) is 310 Å². The van der Waals surface area contributed by atoms with E-state index in [9.17, 15) is 14.4 Å². The van der Waals surface area contributed by atoms with Gasteiger partial charge in [0.2, 0.25) is 0 Å². The summed E-state index contributed by atoms with van der Waals surface area (Å²) < 4.78 is 58.7. The van der Waals surface area contributed by atoms with E-state index in [1.165, 1.54) is 167 Å². The minimum Gasteiger partial charge on any atom is -0.462 e. The van der Waals surface area contributed by atoms with Crippen LogP contribution in [-0.2, 0) is 28.6 Å². The van der Waals surface area contributed by atoms with E-state index >= 15 is 0 Å². The molecular weight excluding hydrogens is 733 g/mol. The summed E-state index contributed by atoms with van der Waals surface area (Å²) in [6.45, 7) is -0.197. The standard InChI is InChI=1S/C53H102O6/c1-4-7-10-13-16-19-21-23-25-27-29-31-34-36-39-42-45-51(54)57-48-50(59-53(56)47-44-41-38-33-18-15-12-9-6-3)49-58-52(55)46-43-40-37-35-32-30-28-26-24-22-20-17-14-11-8-5-2/h50H,4-49H2,1-3H3/i48D2,49D2,50D. The first-order valence-electron chi connectivity index (χ1n) is 28.5. The van der Waals surface area contributed by atoms with Gasteiger partial charge in [-0.15, -0.1) is 0 Å². The molecule has 0 heterocycles. The van der Waals surface area contributed by atoms with Crippen LogP contribution in [-0.4, -0.2) is 37.1 Å². The van der Waals surface area contributed by atoms with Gasteiger partial charge < -0.3 is 14.2 Å². The van der Waals surface area contributed by atoms with E-state index in [4.69, 9.17) is 21.1 Å². The van der Waals surface area contributed by atoms with Gasteiger partial charge in [0.15, 0.2) is 6.08 Å². The molecule has 0 bridgehead atoms. The molecular formula is C53H102O6. The molecule has 0 amide bonds. The van der Waals surface area contributed by atoms with Crippen molar-refractivity contribution in [1.29, 1.82) is 0 Å². The van der Waals surface area contributed by atoms with E-state index in [1.54, 1.807) is 0 Å². The van der Waals surface area contributed by atoms with Gasteiger partial charge in [0.1, 0.15) is 13.1 Å². The monoisotopic (exact) mass is 840 g/mol. The molecule has 0 aromatic heterocycles. The maximum absolute atomic E-state index is 13.0. The Morgan fingerprint density at radius 2 is 0.508 bits per heavy atom. The van der Waals surface area contributed by atoms with Gasteiger partial charge in [0.25, 0.3) is 0 Å². The second kappa shape index (κ2) is 49.1. The minimum absolute atomic E-state index is 0.123. The molecule has 0 atom stereocenters. The SMILES string of the molecule is [2H]C([2H])(OC(=O)CCCCCCCCCCCCCCCCCC)C([2H])(OC(=O)CCCCCCCCCCC)C([2H])([2H])OC(=O)CCCCCCCCCCCCCCCCCC. The van der Waals surface area contributed by atoms with Gasteiger partial charge in [-0.1, -0.05) is 265 Å². The molecule has 0 aliphatic rings. The Labute approximate surface area is 375 Å².